The Kier molecular flexibility index (Phi) is 5.84. The Bertz CT molecular complexity index is 430. The van der Waals surface area contributed by atoms with Crippen molar-refractivity contribution in [2.45, 2.75) is 32.2 Å². The molecule has 0 aromatic carbocycles. The van der Waals surface area contributed by atoms with Gasteiger partial charge in [0.05, 0.1) is 5.69 Å². The molecule has 7 heteroatoms. The van der Waals surface area contributed by atoms with E-state index in [1.165, 1.54) is 0 Å². The summed E-state index contributed by atoms with van der Waals surface area (Å²) in [7, 11) is 1.83. The van der Waals surface area contributed by atoms with Gasteiger partial charge in [-0.25, -0.2) is 9.59 Å². The number of carboxylic acid groups (broad SMARTS) is 1. The Hall–Kier alpha value is -2.05. The molecule has 0 saturated carbocycles. The van der Waals surface area contributed by atoms with Crippen LogP contribution in [0, 0.1) is 0 Å². The predicted octanol–water partition coefficient (Wildman–Crippen LogP) is 0.515. The Morgan fingerprint density at radius 2 is 2.26 bits per heavy atom. The molecule has 19 heavy (non-hydrogen) atoms. The first-order valence-corrected chi connectivity index (χ1v) is 6.28. The number of carboxylic acids is 1. The van der Waals surface area contributed by atoms with Crippen LogP contribution in [0.15, 0.2) is 12.3 Å². The smallest absolute Gasteiger partial charge is 0.326 e. The summed E-state index contributed by atoms with van der Waals surface area (Å²) in [5.74, 6) is -1.01. The van der Waals surface area contributed by atoms with Crippen LogP contribution in [-0.2, 0) is 18.3 Å². The number of urea groups is 1. The van der Waals surface area contributed by atoms with Gasteiger partial charge in [-0.1, -0.05) is 13.3 Å². The van der Waals surface area contributed by atoms with Crippen LogP contribution in [0.2, 0.25) is 0 Å². The number of aliphatic carboxylic acids is 1. The fraction of sp³-hybridized carbons (Fsp3) is 0.583. The maximum Gasteiger partial charge on any atom is 0.326 e. The minimum Gasteiger partial charge on any atom is -0.480 e. The number of nitrogens with zero attached hydrogens (tertiary/aromatic N) is 2. The SMILES string of the molecule is CCCC(NC(=O)NCCc1ccn(C)n1)C(=O)O. The molecule has 7 nitrogen and oxygen atoms in total. The molecule has 0 saturated heterocycles. The van der Waals surface area contributed by atoms with Crippen LogP contribution in [0.5, 0.6) is 0 Å². The summed E-state index contributed by atoms with van der Waals surface area (Å²) in [5, 5.41) is 18.1. The van der Waals surface area contributed by atoms with Crippen molar-refractivity contribution in [3.8, 4) is 0 Å². The van der Waals surface area contributed by atoms with Crippen LogP contribution >= 0.6 is 0 Å². The van der Waals surface area contributed by atoms with E-state index in [0.29, 0.717) is 25.8 Å². The van der Waals surface area contributed by atoms with Crippen molar-refractivity contribution in [2.24, 2.45) is 7.05 Å². The van der Waals surface area contributed by atoms with Gasteiger partial charge in [-0.3, -0.25) is 4.68 Å². The highest BCUT2D eigenvalue weighted by atomic mass is 16.4. The molecule has 0 spiro atoms. The van der Waals surface area contributed by atoms with Gasteiger partial charge in [0.2, 0.25) is 0 Å². The topological polar surface area (TPSA) is 96.3 Å². The lowest BCUT2D eigenvalue weighted by Crippen LogP contribution is -2.46. The molecule has 0 fully saturated rings. The molecular weight excluding hydrogens is 248 g/mol. The third-order valence-corrected chi connectivity index (χ3v) is 2.62. The Balaban J connectivity index is 2.28. The van der Waals surface area contributed by atoms with E-state index in [0.717, 1.165) is 5.69 Å². The summed E-state index contributed by atoms with van der Waals surface area (Å²) in [6.07, 6.45) is 3.56. The van der Waals surface area contributed by atoms with Crippen LogP contribution < -0.4 is 10.6 Å². The molecule has 0 aliphatic heterocycles. The summed E-state index contributed by atoms with van der Waals surface area (Å²) in [6.45, 7) is 2.29. The van der Waals surface area contributed by atoms with Gasteiger partial charge in [-0.2, -0.15) is 5.10 Å². The zero-order valence-corrected chi connectivity index (χ0v) is 11.2. The number of aryl methyl sites for hydroxylation is 1. The average molecular weight is 268 g/mol. The Labute approximate surface area is 112 Å². The van der Waals surface area contributed by atoms with Gasteiger partial charge in [0.1, 0.15) is 6.04 Å². The first-order chi connectivity index (χ1) is 9.02. The molecule has 1 heterocycles. The van der Waals surface area contributed by atoms with Gasteiger partial charge < -0.3 is 15.7 Å². The molecule has 1 rings (SSSR count). The standard InChI is InChI=1S/C12H20N4O3/c1-3-4-10(11(17)18)14-12(19)13-7-5-9-6-8-16(2)15-9/h6,8,10H,3-5,7H2,1-2H3,(H,17,18)(H2,13,14,19). The normalized spacial score (nSPS) is 11.9. The van der Waals surface area contributed by atoms with Crippen LogP contribution in [0.4, 0.5) is 4.79 Å². The number of hydrogen-bond acceptors (Lipinski definition) is 3. The minimum absolute atomic E-state index is 0.418. The van der Waals surface area contributed by atoms with Crippen molar-refractivity contribution < 1.29 is 14.7 Å². The predicted molar refractivity (Wildman–Crippen MR) is 69.8 cm³/mol. The largest absolute Gasteiger partial charge is 0.480 e. The molecule has 1 aromatic heterocycles. The van der Waals surface area contributed by atoms with E-state index in [-0.39, 0.29) is 0 Å². The number of rotatable bonds is 7. The average Bonchev–Trinajstić information content (AvgIpc) is 2.74. The maximum absolute atomic E-state index is 11.5. The number of carbonyl (C=O) groups is 2. The molecule has 1 unspecified atom stereocenters. The fourth-order valence-corrected chi connectivity index (χ4v) is 1.66. The van der Waals surface area contributed by atoms with Gasteiger partial charge >= 0.3 is 12.0 Å². The summed E-state index contributed by atoms with van der Waals surface area (Å²) in [5.41, 5.74) is 0.881. The molecule has 2 amide bonds. The van der Waals surface area contributed by atoms with Crippen LogP contribution in [0.3, 0.4) is 0 Å². The minimum atomic E-state index is -1.01. The highest BCUT2D eigenvalue weighted by molar-refractivity contribution is 5.82. The quantitative estimate of drug-likeness (QED) is 0.671. The first kappa shape index (κ1) is 15.0. The van der Waals surface area contributed by atoms with Crippen molar-refractivity contribution >= 4 is 12.0 Å². The zero-order valence-electron chi connectivity index (χ0n) is 11.2. The van der Waals surface area contributed by atoms with Gasteiger partial charge in [-0.15, -0.1) is 0 Å². The third kappa shape index (κ3) is 5.41. The van der Waals surface area contributed by atoms with Gasteiger partial charge in [0.25, 0.3) is 0 Å². The number of amides is 2. The zero-order chi connectivity index (χ0) is 14.3. The molecule has 3 N–H and O–H groups in total. The Morgan fingerprint density at radius 1 is 1.53 bits per heavy atom. The summed E-state index contributed by atoms with van der Waals surface area (Å²) in [4.78, 5) is 22.4. The summed E-state index contributed by atoms with van der Waals surface area (Å²) in [6, 6.07) is 0.577. The first-order valence-electron chi connectivity index (χ1n) is 6.28. The second-order valence-electron chi connectivity index (χ2n) is 4.31. The molecule has 0 radical (unpaired) electrons. The summed E-state index contributed by atoms with van der Waals surface area (Å²) >= 11 is 0. The van der Waals surface area contributed by atoms with Crippen molar-refractivity contribution in [2.75, 3.05) is 6.54 Å². The van der Waals surface area contributed by atoms with Crippen molar-refractivity contribution in [1.82, 2.24) is 20.4 Å². The second kappa shape index (κ2) is 7.40. The van der Waals surface area contributed by atoms with Crippen molar-refractivity contribution in [3.05, 3.63) is 18.0 Å². The molecule has 0 aliphatic carbocycles. The lowest BCUT2D eigenvalue weighted by Gasteiger charge is -2.13. The van der Waals surface area contributed by atoms with E-state index >= 15 is 0 Å². The van der Waals surface area contributed by atoms with Crippen LogP contribution in [0.25, 0.3) is 0 Å². The molecule has 106 valence electrons. The van der Waals surface area contributed by atoms with Gasteiger partial charge in [0.15, 0.2) is 0 Å². The lowest BCUT2D eigenvalue weighted by atomic mass is 10.2. The molecule has 1 aromatic rings. The Morgan fingerprint density at radius 3 is 2.79 bits per heavy atom. The number of nitrogens with one attached hydrogen (secondary N) is 2. The number of carbonyl (C=O) groups excluding carboxylic acids is 1. The molecular formula is C12H20N4O3. The fourth-order valence-electron chi connectivity index (χ4n) is 1.66. The summed E-state index contributed by atoms with van der Waals surface area (Å²) < 4.78 is 1.69. The van der Waals surface area contributed by atoms with E-state index in [9.17, 15) is 9.59 Å². The lowest BCUT2D eigenvalue weighted by molar-refractivity contribution is -0.139. The number of hydrogen-bond donors (Lipinski definition) is 3. The third-order valence-electron chi connectivity index (χ3n) is 2.62. The van der Waals surface area contributed by atoms with E-state index in [1.54, 1.807) is 4.68 Å². The van der Waals surface area contributed by atoms with E-state index < -0.39 is 18.0 Å². The number of aromatic nitrogens is 2. The van der Waals surface area contributed by atoms with Gasteiger partial charge in [-0.05, 0) is 12.5 Å². The molecule has 1 atom stereocenters. The highest BCUT2D eigenvalue weighted by Crippen LogP contribution is 1.97. The molecule has 0 aliphatic rings. The van der Waals surface area contributed by atoms with Gasteiger partial charge in [0, 0.05) is 26.2 Å². The molecule has 0 bridgehead atoms. The maximum atomic E-state index is 11.5. The van der Waals surface area contributed by atoms with Crippen LogP contribution in [0.1, 0.15) is 25.5 Å². The van der Waals surface area contributed by atoms with Crippen molar-refractivity contribution in [3.63, 3.8) is 0 Å². The van der Waals surface area contributed by atoms with E-state index in [4.69, 9.17) is 5.11 Å². The van der Waals surface area contributed by atoms with Crippen molar-refractivity contribution in [1.29, 1.82) is 0 Å². The van der Waals surface area contributed by atoms with Crippen LogP contribution in [-0.4, -0.2) is 39.5 Å². The highest BCUT2D eigenvalue weighted by Gasteiger charge is 2.18. The van der Waals surface area contributed by atoms with E-state index in [1.807, 2.05) is 26.2 Å². The monoisotopic (exact) mass is 268 g/mol. The van der Waals surface area contributed by atoms with E-state index in [2.05, 4.69) is 15.7 Å². The second-order valence-corrected chi connectivity index (χ2v) is 4.31.